The molecule has 0 bridgehead atoms. The molecular formula is C15H22FN3O. The average molecular weight is 279 g/mol. The van der Waals surface area contributed by atoms with Gasteiger partial charge < -0.3 is 10.6 Å². The molecule has 20 heavy (non-hydrogen) atoms. The van der Waals surface area contributed by atoms with Crippen molar-refractivity contribution in [1.82, 2.24) is 9.80 Å². The highest BCUT2D eigenvalue weighted by Crippen LogP contribution is 2.20. The van der Waals surface area contributed by atoms with Crippen molar-refractivity contribution < 1.29 is 9.18 Å². The molecule has 1 saturated heterocycles. The van der Waals surface area contributed by atoms with Gasteiger partial charge >= 0.3 is 0 Å². The minimum Gasteiger partial charge on any atom is -0.399 e. The minimum atomic E-state index is -0.463. The highest BCUT2D eigenvalue weighted by atomic mass is 19.1. The Morgan fingerprint density at radius 1 is 1.45 bits per heavy atom. The molecule has 1 atom stereocenters. The minimum absolute atomic E-state index is 0.0830. The molecule has 1 fully saturated rings. The fourth-order valence-corrected chi connectivity index (χ4v) is 2.77. The molecule has 1 aliphatic rings. The van der Waals surface area contributed by atoms with Crippen LogP contribution in [-0.4, -0.2) is 47.9 Å². The summed E-state index contributed by atoms with van der Waals surface area (Å²) in [5.74, 6) is -0.727. The van der Waals surface area contributed by atoms with Crippen molar-refractivity contribution in [2.45, 2.75) is 26.8 Å². The van der Waals surface area contributed by atoms with Crippen molar-refractivity contribution in [1.29, 1.82) is 0 Å². The molecule has 4 nitrogen and oxygen atoms in total. The van der Waals surface area contributed by atoms with Gasteiger partial charge in [-0.15, -0.1) is 0 Å². The van der Waals surface area contributed by atoms with Crippen LogP contribution < -0.4 is 5.73 Å². The molecule has 0 radical (unpaired) electrons. The Balaban J connectivity index is 2.21. The molecule has 0 spiro atoms. The number of anilines is 1. The van der Waals surface area contributed by atoms with Gasteiger partial charge in [0.25, 0.3) is 5.91 Å². The van der Waals surface area contributed by atoms with Gasteiger partial charge in [-0.1, -0.05) is 6.92 Å². The lowest BCUT2D eigenvalue weighted by atomic mass is 10.1. The Bertz CT molecular complexity index is 518. The van der Waals surface area contributed by atoms with Crippen LogP contribution in [0.2, 0.25) is 0 Å². The van der Waals surface area contributed by atoms with Crippen molar-refractivity contribution in [3.05, 3.63) is 29.1 Å². The lowest BCUT2D eigenvalue weighted by Crippen LogP contribution is -2.53. The van der Waals surface area contributed by atoms with E-state index in [0.717, 1.165) is 13.1 Å². The van der Waals surface area contributed by atoms with Gasteiger partial charge in [-0.05, 0) is 38.1 Å². The lowest BCUT2D eigenvalue weighted by molar-refractivity contribution is 0.0524. The van der Waals surface area contributed by atoms with Crippen LogP contribution in [0, 0.1) is 12.7 Å². The molecule has 1 amide bonds. The van der Waals surface area contributed by atoms with Crippen molar-refractivity contribution in [3.8, 4) is 0 Å². The first-order chi connectivity index (χ1) is 9.43. The van der Waals surface area contributed by atoms with E-state index in [9.17, 15) is 9.18 Å². The fourth-order valence-electron chi connectivity index (χ4n) is 2.77. The summed E-state index contributed by atoms with van der Waals surface area (Å²) in [6.45, 7) is 8.87. The Morgan fingerprint density at radius 2 is 2.15 bits per heavy atom. The smallest absolute Gasteiger partial charge is 0.257 e. The van der Waals surface area contributed by atoms with Gasteiger partial charge in [0.1, 0.15) is 5.82 Å². The number of hydrogen-bond acceptors (Lipinski definition) is 3. The first-order valence-electron chi connectivity index (χ1n) is 7.03. The molecule has 5 heteroatoms. The number of piperazine rings is 1. The van der Waals surface area contributed by atoms with Gasteiger partial charge in [-0.3, -0.25) is 9.69 Å². The van der Waals surface area contributed by atoms with Crippen LogP contribution in [-0.2, 0) is 0 Å². The Labute approximate surface area is 119 Å². The summed E-state index contributed by atoms with van der Waals surface area (Å²) >= 11 is 0. The molecule has 1 heterocycles. The number of carbonyl (C=O) groups is 1. The predicted octanol–water partition coefficient (Wildman–Crippen LogP) is 1.88. The predicted molar refractivity (Wildman–Crippen MR) is 78.2 cm³/mol. The molecule has 1 aromatic carbocycles. The number of halogens is 1. The van der Waals surface area contributed by atoms with E-state index in [1.165, 1.54) is 6.07 Å². The number of aryl methyl sites for hydroxylation is 1. The Hall–Kier alpha value is -1.62. The molecule has 2 N–H and O–H groups in total. The average Bonchev–Trinajstić information content (AvgIpc) is 2.42. The third kappa shape index (κ3) is 2.77. The van der Waals surface area contributed by atoms with Crippen LogP contribution in [0.4, 0.5) is 10.1 Å². The molecule has 1 aromatic rings. The summed E-state index contributed by atoms with van der Waals surface area (Å²) in [6, 6.07) is 3.27. The van der Waals surface area contributed by atoms with Crippen LogP contribution >= 0.6 is 0 Å². The lowest BCUT2D eigenvalue weighted by Gasteiger charge is -2.39. The van der Waals surface area contributed by atoms with Crippen LogP contribution in [0.3, 0.4) is 0 Å². The number of likely N-dealkylation sites (N-methyl/N-ethyl adjacent to an activating group) is 1. The number of nitrogens with zero attached hydrogens (tertiary/aromatic N) is 2. The number of hydrogen-bond donors (Lipinski definition) is 1. The van der Waals surface area contributed by atoms with Gasteiger partial charge in [0, 0.05) is 31.4 Å². The van der Waals surface area contributed by atoms with E-state index < -0.39 is 5.82 Å². The van der Waals surface area contributed by atoms with Gasteiger partial charge in [0.2, 0.25) is 0 Å². The third-order valence-corrected chi connectivity index (χ3v) is 3.97. The molecule has 0 aromatic heterocycles. The van der Waals surface area contributed by atoms with Gasteiger partial charge in [-0.2, -0.15) is 0 Å². The molecule has 1 unspecified atom stereocenters. The molecule has 1 aliphatic heterocycles. The van der Waals surface area contributed by atoms with Crippen molar-refractivity contribution in [2.24, 2.45) is 0 Å². The van der Waals surface area contributed by atoms with E-state index in [1.54, 1.807) is 17.9 Å². The largest absolute Gasteiger partial charge is 0.399 e. The summed E-state index contributed by atoms with van der Waals surface area (Å²) < 4.78 is 14.1. The topological polar surface area (TPSA) is 49.6 Å². The second kappa shape index (κ2) is 5.79. The van der Waals surface area contributed by atoms with Crippen LogP contribution in [0.25, 0.3) is 0 Å². The van der Waals surface area contributed by atoms with E-state index in [2.05, 4.69) is 18.7 Å². The zero-order chi connectivity index (χ0) is 14.9. The van der Waals surface area contributed by atoms with E-state index in [-0.39, 0.29) is 11.5 Å². The molecule has 0 saturated carbocycles. The van der Waals surface area contributed by atoms with Gasteiger partial charge in [0.05, 0.1) is 5.56 Å². The maximum atomic E-state index is 14.1. The van der Waals surface area contributed by atoms with Crippen LogP contribution in [0.1, 0.15) is 29.8 Å². The molecule has 0 aliphatic carbocycles. The Kier molecular flexibility index (Phi) is 4.28. The number of carbonyl (C=O) groups excluding carboxylic acids is 1. The second-order valence-corrected chi connectivity index (χ2v) is 5.43. The van der Waals surface area contributed by atoms with Crippen molar-refractivity contribution in [2.75, 3.05) is 31.9 Å². The standard InChI is InChI=1S/C15H22FN3O/c1-4-18-5-6-19(9-11(18)3)15(20)13-8-12(17)7-10(2)14(13)16/h7-8,11H,4-6,9,17H2,1-3H3. The highest BCUT2D eigenvalue weighted by Gasteiger charge is 2.28. The summed E-state index contributed by atoms with van der Waals surface area (Å²) in [5.41, 5.74) is 6.64. The van der Waals surface area contributed by atoms with Gasteiger partial charge in [0.15, 0.2) is 0 Å². The van der Waals surface area contributed by atoms with Gasteiger partial charge in [-0.25, -0.2) is 4.39 Å². The van der Waals surface area contributed by atoms with E-state index in [1.807, 2.05) is 0 Å². The maximum Gasteiger partial charge on any atom is 0.257 e. The molecular weight excluding hydrogens is 257 g/mol. The highest BCUT2D eigenvalue weighted by molar-refractivity contribution is 5.95. The maximum absolute atomic E-state index is 14.1. The number of benzene rings is 1. The van der Waals surface area contributed by atoms with Crippen LogP contribution in [0.5, 0.6) is 0 Å². The van der Waals surface area contributed by atoms with Crippen molar-refractivity contribution in [3.63, 3.8) is 0 Å². The number of nitrogens with two attached hydrogens (primary N) is 1. The summed E-state index contributed by atoms with van der Waals surface area (Å²) in [5, 5.41) is 0. The van der Waals surface area contributed by atoms with Crippen LogP contribution in [0.15, 0.2) is 12.1 Å². The van der Waals surface area contributed by atoms with E-state index in [0.29, 0.717) is 30.4 Å². The monoisotopic (exact) mass is 279 g/mol. The second-order valence-electron chi connectivity index (χ2n) is 5.43. The Morgan fingerprint density at radius 3 is 2.75 bits per heavy atom. The first kappa shape index (κ1) is 14.8. The number of amides is 1. The zero-order valence-electron chi connectivity index (χ0n) is 12.3. The summed E-state index contributed by atoms with van der Waals surface area (Å²) in [7, 11) is 0. The van der Waals surface area contributed by atoms with Crippen molar-refractivity contribution >= 4 is 11.6 Å². The van der Waals surface area contributed by atoms with E-state index >= 15 is 0 Å². The fraction of sp³-hybridized carbons (Fsp3) is 0.533. The van der Waals surface area contributed by atoms with E-state index in [4.69, 9.17) is 5.73 Å². The summed E-state index contributed by atoms with van der Waals surface area (Å²) in [6.07, 6.45) is 0. The zero-order valence-corrected chi connectivity index (χ0v) is 12.3. The first-order valence-corrected chi connectivity index (χ1v) is 7.03. The number of rotatable bonds is 2. The quantitative estimate of drug-likeness (QED) is 0.841. The summed E-state index contributed by atoms with van der Waals surface area (Å²) in [4.78, 5) is 16.5. The number of nitrogen functional groups attached to an aromatic ring is 1. The molecule has 2 rings (SSSR count). The third-order valence-electron chi connectivity index (χ3n) is 3.97. The molecule has 110 valence electrons. The normalized spacial score (nSPS) is 20.2. The SMILES string of the molecule is CCN1CCN(C(=O)c2cc(N)cc(C)c2F)CC1C.